The summed E-state index contributed by atoms with van der Waals surface area (Å²) in [7, 11) is 0. The molecule has 6 nitrogen and oxygen atoms in total. The number of carboxylic acid groups (broad SMARTS) is 1. The van der Waals surface area contributed by atoms with Gasteiger partial charge in [0.2, 0.25) is 0 Å². The molecule has 0 heterocycles. The van der Waals surface area contributed by atoms with Gasteiger partial charge in [-0.3, -0.25) is 4.79 Å². The number of hydrogen-bond acceptors (Lipinski definition) is 4. The second-order valence-corrected chi connectivity index (χ2v) is 5.14. The molecule has 0 aromatic heterocycles. The molecule has 1 saturated carbocycles. The van der Waals surface area contributed by atoms with E-state index in [1.165, 1.54) is 12.1 Å². The molecule has 1 fully saturated rings. The number of benzene rings is 1. The molecule has 1 aliphatic carbocycles. The molecular formula is C14H17NO5. The van der Waals surface area contributed by atoms with Crippen LogP contribution in [0.25, 0.3) is 0 Å². The van der Waals surface area contributed by atoms with Crippen LogP contribution in [0.1, 0.15) is 42.5 Å². The lowest BCUT2D eigenvalue weighted by atomic mass is 9.81. The molecule has 2 rings (SSSR count). The van der Waals surface area contributed by atoms with Crippen LogP contribution in [0.2, 0.25) is 0 Å². The average molecular weight is 279 g/mol. The first-order chi connectivity index (χ1) is 9.43. The third-order valence-corrected chi connectivity index (χ3v) is 3.63. The summed E-state index contributed by atoms with van der Waals surface area (Å²) in [4.78, 5) is 23.6. The summed E-state index contributed by atoms with van der Waals surface area (Å²) in [5, 5.41) is 30.7. The predicted octanol–water partition coefficient (Wildman–Crippen LogP) is 1.62. The Morgan fingerprint density at radius 1 is 1.00 bits per heavy atom. The van der Waals surface area contributed by atoms with Gasteiger partial charge in [0.25, 0.3) is 5.91 Å². The van der Waals surface area contributed by atoms with E-state index in [4.69, 9.17) is 0 Å². The van der Waals surface area contributed by atoms with Gasteiger partial charge in [0.1, 0.15) is 17.0 Å². The predicted molar refractivity (Wildman–Crippen MR) is 70.7 cm³/mol. The number of amides is 1. The second kappa shape index (κ2) is 5.40. The molecule has 4 N–H and O–H groups in total. The first kappa shape index (κ1) is 14.2. The van der Waals surface area contributed by atoms with Gasteiger partial charge in [0.15, 0.2) is 0 Å². The molecule has 0 saturated heterocycles. The van der Waals surface area contributed by atoms with Gasteiger partial charge < -0.3 is 20.6 Å². The van der Waals surface area contributed by atoms with Crippen molar-refractivity contribution < 1.29 is 24.9 Å². The average Bonchev–Trinajstić information content (AvgIpc) is 2.38. The molecule has 0 unspecified atom stereocenters. The smallest absolute Gasteiger partial charge is 0.329 e. The van der Waals surface area contributed by atoms with E-state index in [0.29, 0.717) is 12.8 Å². The van der Waals surface area contributed by atoms with Crippen molar-refractivity contribution in [2.75, 3.05) is 0 Å². The van der Waals surface area contributed by atoms with Crippen LogP contribution in [-0.2, 0) is 4.79 Å². The van der Waals surface area contributed by atoms with Gasteiger partial charge in [-0.05, 0) is 25.0 Å². The molecule has 20 heavy (non-hydrogen) atoms. The maximum absolute atomic E-state index is 12.1. The van der Waals surface area contributed by atoms with Crippen LogP contribution in [-0.4, -0.2) is 32.7 Å². The van der Waals surface area contributed by atoms with Crippen LogP contribution in [0, 0.1) is 0 Å². The molecule has 1 amide bonds. The number of carboxylic acids is 1. The number of rotatable bonds is 3. The highest BCUT2D eigenvalue weighted by molar-refractivity contribution is 5.98. The fourth-order valence-electron chi connectivity index (χ4n) is 2.56. The number of nitrogens with one attached hydrogen (secondary N) is 1. The lowest BCUT2D eigenvalue weighted by Crippen LogP contribution is -2.55. The number of carbonyl (C=O) groups excluding carboxylic acids is 1. The molecule has 0 spiro atoms. The number of phenolic OH excluding ortho intramolecular Hbond substituents is 2. The Morgan fingerprint density at radius 2 is 1.55 bits per heavy atom. The monoisotopic (exact) mass is 279 g/mol. The van der Waals surface area contributed by atoms with E-state index < -0.39 is 17.4 Å². The molecule has 0 radical (unpaired) electrons. The largest absolute Gasteiger partial charge is 0.508 e. The van der Waals surface area contributed by atoms with E-state index in [-0.39, 0.29) is 17.1 Å². The molecule has 1 aliphatic rings. The minimum Gasteiger partial charge on any atom is -0.508 e. The first-order valence-electron chi connectivity index (χ1n) is 6.52. The Kier molecular flexibility index (Phi) is 3.83. The van der Waals surface area contributed by atoms with Crippen LogP contribution < -0.4 is 5.32 Å². The maximum Gasteiger partial charge on any atom is 0.329 e. The summed E-state index contributed by atoms with van der Waals surface area (Å²) < 4.78 is 0. The molecule has 108 valence electrons. The van der Waals surface area contributed by atoms with Crippen LogP contribution in [0.5, 0.6) is 11.5 Å². The zero-order chi connectivity index (χ0) is 14.8. The second-order valence-electron chi connectivity index (χ2n) is 5.14. The first-order valence-corrected chi connectivity index (χ1v) is 6.52. The minimum atomic E-state index is -1.25. The van der Waals surface area contributed by atoms with Gasteiger partial charge in [-0.15, -0.1) is 0 Å². The lowest BCUT2D eigenvalue weighted by Gasteiger charge is -2.34. The molecular weight excluding hydrogens is 262 g/mol. The molecule has 6 heteroatoms. The fourth-order valence-corrected chi connectivity index (χ4v) is 2.56. The van der Waals surface area contributed by atoms with E-state index in [1.807, 2.05) is 0 Å². The molecule has 1 aromatic rings. The quantitative estimate of drug-likeness (QED) is 0.672. The van der Waals surface area contributed by atoms with Gasteiger partial charge in [0.05, 0.1) is 0 Å². The van der Waals surface area contributed by atoms with E-state index >= 15 is 0 Å². The summed E-state index contributed by atoms with van der Waals surface area (Å²) in [5.41, 5.74) is -1.22. The zero-order valence-electron chi connectivity index (χ0n) is 10.9. The van der Waals surface area contributed by atoms with Gasteiger partial charge in [-0.1, -0.05) is 19.3 Å². The number of carbonyl (C=O) groups is 2. The van der Waals surface area contributed by atoms with E-state index in [0.717, 1.165) is 25.3 Å². The highest BCUT2D eigenvalue weighted by Gasteiger charge is 2.41. The topological polar surface area (TPSA) is 107 Å². The van der Waals surface area contributed by atoms with Crippen LogP contribution >= 0.6 is 0 Å². The van der Waals surface area contributed by atoms with Crippen molar-refractivity contribution in [3.05, 3.63) is 23.8 Å². The Hall–Kier alpha value is -2.24. The van der Waals surface area contributed by atoms with E-state index in [9.17, 15) is 24.9 Å². The van der Waals surface area contributed by atoms with Crippen LogP contribution in [0.15, 0.2) is 18.2 Å². The van der Waals surface area contributed by atoms with Crippen molar-refractivity contribution in [3.8, 4) is 11.5 Å². The van der Waals surface area contributed by atoms with Crippen molar-refractivity contribution >= 4 is 11.9 Å². The Bertz CT molecular complexity index is 514. The van der Waals surface area contributed by atoms with Crippen molar-refractivity contribution in [3.63, 3.8) is 0 Å². The van der Waals surface area contributed by atoms with Crippen molar-refractivity contribution in [2.24, 2.45) is 0 Å². The zero-order valence-corrected chi connectivity index (χ0v) is 10.9. The number of phenols is 2. The van der Waals surface area contributed by atoms with Crippen molar-refractivity contribution in [1.29, 1.82) is 0 Å². The van der Waals surface area contributed by atoms with E-state index in [1.54, 1.807) is 0 Å². The Balaban J connectivity index is 2.22. The van der Waals surface area contributed by atoms with Crippen molar-refractivity contribution in [2.45, 2.75) is 37.6 Å². The SMILES string of the molecule is O=C(NC1(C(=O)O)CCCCC1)c1cc(O)cc(O)c1. The summed E-state index contributed by atoms with van der Waals surface area (Å²) in [6.07, 6.45) is 3.23. The van der Waals surface area contributed by atoms with Gasteiger partial charge in [-0.2, -0.15) is 0 Å². The van der Waals surface area contributed by atoms with Crippen LogP contribution in [0.4, 0.5) is 0 Å². The van der Waals surface area contributed by atoms with Crippen molar-refractivity contribution in [1.82, 2.24) is 5.32 Å². The third kappa shape index (κ3) is 2.84. The lowest BCUT2D eigenvalue weighted by molar-refractivity contribution is -0.145. The third-order valence-electron chi connectivity index (χ3n) is 3.63. The minimum absolute atomic E-state index is 0.0358. The Morgan fingerprint density at radius 3 is 2.05 bits per heavy atom. The highest BCUT2D eigenvalue weighted by Crippen LogP contribution is 2.29. The highest BCUT2D eigenvalue weighted by atomic mass is 16.4. The summed E-state index contributed by atoms with van der Waals surface area (Å²) >= 11 is 0. The van der Waals surface area contributed by atoms with Gasteiger partial charge in [-0.25, -0.2) is 4.79 Å². The van der Waals surface area contributed by atoms with E-state index in [2.05, 4.69) is 5.32 Å². The molecule has 0 atom stereocenters. The Labute approximate surface area is 116 Å². The standard InChI is InChI=1S/C14H17NO5/c16-10-6-9(7-11(17)8-10)12(18)15-14(13(19)20)4-2-1-3-5-14/h6-8,16-17H,1-5H2,(H,15,18)(H,19,20). The van der Waals surface area contributed by atoms with Gasteiger partial charge >= 0.3 is 5.97 Å². The molecule has 1 aromatic carbocycles. The fraction of sp³-hybridized carbons (Fsp3) is 0.429. The summed E-state index contributed by atoms with van der Waals surface area (Å²) in [5.74, 6) is -2.15. The number of aromatic hydroxyl groups is 2. The summed E-state index contributed by atoms with van der Waals surface area (Å²) in [6.45, 7) is 0. The normalized spacial score (nSPS) is 17.4. The van der Waals surface area contributed by atoms with Crippen LogP contribution in [0.3, 0.4) is 0 Å². The molecule has 0 bridgehead atoms. The molecule has 0 aliphatic heterocycles. The number of hydrogen-bond donors (Lipinski definition) is 4. The maximum atomic E-state index is 12.1. The number of aliphatic carboxylic acids is 1. The van der Waals surface area contributed by atoms with Gasteiger partial charge in [0, 0.05) is 11.6 Å². The summed E-state index contributed by atoms with van der Waals surface area (Å²) in [6, 6.07) is 3.48.